The van der Waals surface area contributed by atoms with Crippen LogP contribution in [-0.4, -0.2) is 97.3 Å². The molecule has 3 N–H and O–H groups in total. The molecule has 1 heterocycles. The standard InChI is InChI=1S/C24H39NO6/c1-5-25-10-22(11-29-2)7-6-15(31-4)24-13-8-12-14(30-3)9-23(28,16(13)18(12)26)17(21(24)25)19(27)20(22)24/h12-21,26-28H,5-11H2,1-4H3/t12-,13-,14+,15+,16-,17+,18+,19+,20-,21-,22+,23-,24+/m1/s1. The molecule has 0 amide bonds. The first-order chi connectivity index (χ1) is 14.9. The molecule has 5 saturated carbocycles. The van der Waals surface area contributed by atoms with Crippen LogP contribution in [0.4, 0.5) is 0 Å². The zero-order valence-corrected chi connectivity index (χ0v) is 19.2. The average molecular weight is 438 g/mol. The highest BCUT2D eigenvalue weighted by Gasteiger charge is 2.86. The maximum atomic E-state index is 12.4. The lowest BCUT2D eigenvalue weighted by Gasteiger charge is -2.69. The molecule has 13 atom stereocenters. The van der Waals surface area contributed by atoms with E-state index in [9.17, 15) is 15.3 Å². The summed E-state index contributed by atoms with van der Waals surface area (Å²) >= 11 is 0. The fourth-order valence-electron chi connectivity index (χ4n) is 10.7. The first-order valence-electron chi connectivity index (χ1n) is 12.2. The van der Waals surface area contributed by atoms with Crippen molar-refractivity contribution in [3.05, 3.63) is 0 Å². The summed E-state index contributed by atoms with van der Waals surface area (Å²) < 4.78 is 17.9. The Morgan fingerprint density at radius 1 is 1.06 bits per heavy atom. The number of methoxy groups -OCH3 is 3. The molecule has 176 valence electrons. The van der Waals surface area contributed by atoms with Crippen molar-refractivity contribution in [2.45, 2.75) is 68.7 Å². The van der Waals surface area contributed by atoms with Gasteiger partial charge in [0.05, 0.1) is 36.6 Å². The second kappa shape index (κ2) is 6.65. The largest absolute Gasteiger partial charge is 0.392 e. The van der Waals surface area contributed by atoms with E-state index >= 15 is 0 Å². The maximum Gasteiger partial charge on any atom is 0.0796 e. The van der Waals surface area contributed by atoms with Gasteiger partial charge in [-0.1, -0.05) is 6.92 Å². The molecule has 1 aliphatic heterocycles. The third kappa shape index (κ3) is 2.12. The molecule has 6 rings (SSSR count). The number of fused-ring (bicyclic) bond motifs is 2. The van der Waals surface area contributed by atoms with Crippen LogP contribution in [0.5, 0.6) is 0 Å². The first kappa shape index (κ1) is 21.3. The summed E-state index contributed by atoms with van der Waals surface area (Å²) in [4.78, 5) is 2.52. The molecule has 6 aliphatic rings. The molecule has 0 unspecified atom stereocenters. The van der Waals surface area contributed by atoms with Crippen LogP contribution in [-0.2, 0) is 14.2 Å². The molecule has 7 bridgehead atoms. The third-order valence-corrected chi connectivity index (χ3v) is 11.1. The smallest absolute Gasteiger partial charge is 0.0796 e. The minimum atomic E-state index is -1.13. The molecule has 1 spiro atoms. The zero-order chi connectivity index (χ0) is 21.9. The predicted octanol–water partition coefficient (Wildman–Crippen LogP) is 0.502. The Kier molecular flexibility index (Phi) is 4.56. The first-order valence-corrected chi connectivity index (χ1v) is 12.2. The highest BCUT2D eigenvalue weighted by molar-refractivity contribution is 5.35. The van der Waals surface area contributed by atoms with Gasteiger partial charge in [-0.05, 0) is 31.7 Å². The van der Waals surface area contributed by atoms with Gasteiger partial charge in [0.15, 0.2) is 0 Å². The number of piperidine rings is 1. The van der Waals surface area contributed by atoms with Gasteiger partial charge in [-0.25, -0.2) is 0 Å². The molecule has 0 aromatic heterocycles. The molecule has 7 heteroatoms. The summed E-state index contributed by atoms with van der Waals surface area (Å²) in [5.41, 5.74) is -1.55. The molecule has 0 radical (unpaired) electrons. The molecule has 5 aliphatic carbocycles. The van der Waals surface area contributed by atoms with E-state index in [-0.39, 0.29) is 58.7 Å². The van der Waals surface area contributed by atoms with Gasteiger partial charge in [-0.15, -0.1) is 0 Å². The summed E-state index contributed by atoms with van der Waals surface area (Å²) in [6.07, 6.45) is 1.86. The SMILES string of the molecule is CCN1C[C@]2(COC)CC[C@H](OC)[C@@]34[C@@H]5C[C@H]6[C@H](O)[C@@H]5[C@](O)(C[C@@H]6OC)[C@@H]([C@H](O)[C@H]23)[C@@H]14. The Morgan fingerprint density at radius 3 is 2.48 bits per heavy atom. The molecule has 1 saturated heterocycles. The highest BCUT2D eigenvalue weighted by Crippen LogP contribution is 2.79. The van der Waals surface area contributed by atoms with Crippen molar-refractivity contribution in [3.63, 3.8) is 0 Å². The topological polar surface area (TPSA) is 91.6 Å². The quantitative estimate of drug-likeness (QED) is 0.577. The van der Waals surface area contributed by atoms with E-state index < -0.39 is 17.8 Å². The van der Waals surface area contributed by atoms with Gasteiger partial charge in [0, 0.05) is 74.8 Å². The second-order valence-electron chi connectivity index (χ2n) is 11.6. The maximum absolute atomic E-state index is 12.4. The van der Waals surface area contributed by atoms with Gasteiger partial charge in [-0.2, -0.15) is 0 Å². The number of nitrogens with zero attached hydrogens (tertiary/aromatic N) is 1. The third-order valence-electron chi connectivity index (χ3n) is 11.1. The van der Waals surface area contributed by atoms with Gasteiger partial charge in [-0.3, -0.25) is 4.90 Å². The summed E-state index contributed by atoms with van der Waals surface area (Å²) in [7, 11) is 5.26. The lowest BCUT2D eigenvalue weighted by atomic mass is 9.43. The average Bonchev–Trinajstić information content (AvgIpc) is 3.14. The van der Waals surface area contributed by atoms with Crippen molar-refractivity contribution >= 4 is 0 Å². The molecule has 7 nitrogen and oxygen atoms in total. The zero-order valence-electron chi connectivity index (χ0n) is 19.2. The van der Waals surface area contributed by atoms with E-state index in [2.05, 4.69) is 11.8 Å². The monoisotopic (exact) mass is 437 g/mol. The minimum absolute atomic E-state index is 0.0167. The Balaban J connectivity index is 1.62. The Bertz CT molecular complexity index is 752. The van der Waals surface area contributed by atoms with Crippen LogP contribution in [0.1, 0.15) is 32.6 Å². The Hall–Kier alpha value is -0.280. The number of likely N-dealkylation sites (tertiary alicyclic amines) is 1. The van der Waals surface area contributed by atoms with Crippen LogP contribution in [0.2, 0.25) is 0 Å². The fraction of sp³-hybridized carbons (Fsp3) is 1.00. The summed E-state index contributed by atoms with van der Waals surface area (Å²) in [6, 6.07) is 0.0561. The van der Waals surface area contributed by atoms with Crippen molar-refractivity contribution in [1.82, 2.24) is 4.90 Å². The van der Waals surface area contributed by atoms with Gasteiger partial charge in [0.1, 0.15) is 0 Å². The minimum Gasteiger partial charge on any atom is -0.392 e. The van der Waals surface area contributed by atoms with Crippen LogP contribution in [0.3, 0.4) is 0 Å². The number of aliphatic hydroxyl groups is 3. The molecule has 0 aromatic carbocycles. The van der Waals surface area contributed by atoms with E-state index in [0.29, 0.717) is 13.0 Å². The lowest BCUT2D eigenvalue weighted by molar-refractivity contribution is -0.276. The van der Waals surface area contributed by atoms with Crippen LogP contribution in [0.15, 0.2) is 0 Å². The second-order valence-corrected chi connectivity index (χ2v) is 11.6. The van der Waals surface area contributed by atoms with Crippen LogP contribution >= 0.6 is 0 Å². The van der Waals surface area contributed by atoms with Crippen molar-refractivity contribution < 1.29 is 29.5 Å². The molecule has 31 heavy (non-hydrogen) atoms. The number of hydrogen-bond donors (Lipinski definition) is 3. The van der Waals surface area contributed by atoms with Gasteiger partial charge < -0.3 is 29.5 Å². The predicted molar refractivity (Wildman–Crippen MR) is 112 cm³/mol. The normalized spacial score (nSPS) is 61.6. The molecule has 6 fully saturated rings. The van der Waals surface area contributed by atoms with E-state index in [1.807, 2.05) is 7.11 Å². The van der Waals surface area contributed by atoms with Gasteiger partial charge in [0.2, 0.25) is 0 Å². The number of rotatable bonds is 5. The van der Waals surface area contributed by atoms with E-state index in [1.165, 1.54) is 0 Å². The van der Waals surface area contributed by atoms with Gasteiger partial charge in [0.25, 0.3) is 0 Å². The van der Waals surface area contributed by atoms with Crippen LogP contribution in [0.25, 0.3) is 0 Å². The van der Waals surface area contributed by atoms with E-state index in [0.717, 1.165) is 32.4 Å². The number of aliphatic hydroxyl groups excluding tert-OH is 2. The lowest BCUT2D eigenvalue weighted by Crippen LogP contribution is -2.76. The number of hydrogen-bond acceptors (Lipinski definition) is 7. The fourth-order valence-corrected chi connectivity index (χ4v) is 10.7. The van der Waals surface area contributed by atoms with E-state index in [4.69, 9.17) is 14.2 Å². The van der Waals surface area contributed by atoms with Crippen LogP contribution in [0, 0.1) is 40.4 Å². The van der Waals surface area contributed by atoms with Crippen molar-refractivity contribution in [1.29, 1.82) is 0 Å². The molecule has 0 aromatic rings. The van der Waals surface area contributed by atoms with Crippen molar-refractivity contribution in [3.8, 4) is 0 Å². The van der Waals surface area contributed by atoms with E-state index in [1.54, 1.807) is 14.2 Å². The molecular weight excluding hydrogens is 398 g/mol. The van der Waals surface area contributed by atoms with Gasteiger partial charge >= 0.3 is 0 Å². The number of ether oxygens (including phenoxy) is 3. The Labute approximate surface area is 185 Å². The van der Waals surface area contributed by atoms with Crippen molar-refractivity contribution in [2.75, 3.05) is 41.0 Å². The summed E-state index contributed by atoms with van der Waals surface area (Å²) in [6.45, 7) is 4.57. The highest BCUT2D eigenvalue weighted by atomic mass is 16.5. The Morgan fingerprint density at radius 2 is 1.84 bits per heavy atom. The summed E-state index contributed by atoms with van der Waals surface area (Å²) in [5.74, 6) is -0.366. The summed E-state index contributed by atoms with van der Waals surface area (Å²) in [5, 5.41) is 35.9. The molecular formula is C24H39NO6. The van der Waals surface area contributed by atoms with Crippen LogP contribution < -0.4 is 0 Å². The van der Waals surface area contributed by atoms with Crippen molar-refractivity contribution in [2.24, 2.45) is 40.4 Å².